The highest BCUT2D eigenvalue weighted by atomic mass is 16.2. The zero-order chi connectivity index (χ0) is 28.5. The van der Waals surface area contributed by atoms with Crippen molar-refractivity contribution in [2.75, 3.05) is 0 Å². The van der Waals surface area contributed by atoms with Crippen LogP contribution in [0.1, 0.15) is 93.9 Å². The molecular weight excluding hydrogens is 488 g/mol. The van der Waals surface area contributed by atoms with Gasteiger partial charge < -0.3 is 10.2 Å². The van der Waals surface area contributed by atoms with Crippen LogP contribution >= 0.6 is 0 Å². The number of amides is 2. The Morgan fingerprint density at radius 3 is 2.08 bits per heavy atom. The van der Waals surface area contributed by atoms with E-state index in [1.54, 1.807) is 29.2 Å². The number of Topliss-reactive ketones (excluding diaryl/α,β-unsaturated/α-hetero) is 2. The third-order valence-electron chi connectivity index (χ3n) is 7.86. The molecule has 6 nitrogen and oxygen atoms in total. The van der Waals surface area contributed by atoms with Gasteiger partial charge in [-0.25, -0.2) is 0 Å². The summed E-state index contributed by atoms with van der Waals surface area (Å²) >= 11 is 0. The van der Waals surface area contributed by atoms with Gasteiger partial charge in [0.2, 0.25) is 11.8 Å². The van der Waals surface area contributed by atoms with Crippen molar-refractivity contribution in [3.8, 4) is 0 Å². The molecule has 2 aromatic carbocycles. The number of carbonyl (C=O) groups excluding carboxylic acids is 4. The number of rotatable bonds is 9. The molecule has 1 fully saturated rings. The van der Waals surface area contributed by atoms with Crippen LogP contribution < -0.4 is 5.32 Å². The fraction of sp³-hybridized carbons (Fsp3) is 0.515. The molecule has 2 amide bonds. The van der Waals surface area contributed by atoms with Gasteiger partial charge >= 0.3 is 0 Å². The maximum Gasteiger partial charge on any atom is 0.247 e. The molecule has 1 N–H and O–H groups in total. The van der Waals surface area contributed by atoms with Gasteiger partial charge in [0.1, 0.15) is 18.1 Å². The number of hydrogen-bond acceptors (Lipinski definition) is 4. The van der Waals surface area contributed by atoms with Gasteiger partial charge in [-0.15, -0.1) is 0 Å². The van der Waals surface area contributed by atoms with Gasteiger partial charge in [-0.1, -0.05) is 90.1 Å². The van der Waals surface area contributed by atoms with Crippen molar-refractivity contribution in [1.82, 2.24) is 10.2 Å². The Labute approximate surface area is 232 Å². The summed E-state index contributed by atoms with van der Waals surface area (Å²) in [6, 6.07) is 12.8. The molecule has 0 bridgehead atoms. The first kappa shape index (κ1) is 28.7. The van der Waals surface area contributed by atoms with Gasteiger partial charge in [-0.3, -0.25) is 19.2 Å². The maximum absolute atomic E-state index is 14.4. The molecule has 4 rings (SSSR count). The molecule has 2 aliphatic rings. The second-order valence-electron chi connectivity index (χ2n) is 12.8. The van der Waals surface area contributed by atoms with Gasteiger partial charge in [-0.2, -0.15) is 0 Å². The van der Waals surface area contributed by atoms with Gasteiger partial charge in [0.15, 0.2) is 11.6 Å². The van der Waals surface area contributed by atoms with Crippen molar-refractivity contribution in [2.24, 2.45) is 17.3 Å². The third kappa shape index (κ3) is 6.32. The Hall–Kier alpha value is -3.28. The predicted octanol–water partition coefficient (Wildman–Crippen LogP) is 5.48. The van der Waals surface area contributed by atoms with Crippen molar-refractivity contribution in [3.05, 3.63) is 70.8 Å². The second kappa shape index (κ2) is 11.4. The fourth-order valence-corrected chi connectivity index (χ4v) is 6.05. The zero-order valence-corrected chi connectivity index (χ0v) is 24.1. The summed E-state index contributed by atoms with van der Waals surface area (Å²) in [5, 5.41) is 3.07. The summed E-state index contributed by atoms with van der Waals surface area (Å²) in [6.07, 6.45) is 2.53. The highest BCUT2D eigenvalue weighted by molar-refractivity contribution is 6.01. The molecule has 0 spiro atoms. The van der Waals surface area contributed by atoms with E-state index in [4.69, 9.17) is 0 Å². The largest absolute Gasteiger partial charge is 0.342 e. The molecule has 1 saturated heterocycles. The number of fused-ring (bicyclic) bond motifs is 1. The van der Waals surface area contributed by atoms with Crippen LogP contribution in [0.5, 0.6) is 0 Å². The van der Waals surface area contributed by atoms with Crippen LogP contribution in [0.25, 0.3) is 0 Å². The summed E-state index contributed by atoms with van der Waals surface area (Å²) in [4.78, 5) is 56.0. The van der Waals surface area contributed by atoms with Crippen LogP contribution in [0.3, 0.4) is 0 Å². The first-order valence-electron chi connectivity index (χ1n) is 14.2. The predicted molar refractivity (Wildman–Crippen MR) is 152 cm³/mol. The smallest absolute Gasteiger partial charge is 0.247 e. The average Bonchev–Trinajstić information content (AvgIpc) is 3.30. The van der Waals surface area contributed by atoms with E-state index >= 15 is 0 Å². The lowest BCUT2D eigenvalue weighted by Crippen LogP contribution is -2.66. The maximum atomic E-state index is 14.4. The van der Waals surface area contributed by atoms with E-state index in [0.29, 0.717) is 36.8 Å². The van der Waals surface area contributed by atoms with Gasteiger partial charge in [0.05, 0.1) is 0 Å². The lowest BCUT2D eigenvalue weighted by Gasteiger charge is -2.45. The summed E-state index contributed by atoms with van der Waals surface area (Å²) in [5.74, 6) is -0.390. The average molecular weight is 531 g/mol. The van der Waals surface area contributed by atoms with E-state index < -0.39 is 18.1 Å². The topological polar surface area (TPSA) is 83.6 Å². The van der Waals surface area contributed by atoms with E-state index in [-0.39, 0.29) is 47.1 Å². The van der Waals surface area contributed by atoms with Crippen LogP contribution in [0, 0.1) is 17.3 Å². The van der Waals surface area contributed by atoms with E-state index in [2.05, 4.69) is 17.4 Å². The fourth-order valence-electron chi connectivity index (χ4n) is 6.05. The molecule has 6 heteroatoms. The molecule has 0 radical (unpaired) electrons. The van der Waals surface area contributed by atoms with Crippen molar-refractivity contribution in [1.29, 1.82) is 0 Å². The van der Waals surface area contributed by atoms with Crippen molar-refractivity contribution in [2.45, 2.75) is 91.8 Å². The van der Waals surface area contributed by atoms with Crippen molar-refractivity contribution >= 4 is 23.4 Å². The number of carbonyl (C=O) groups is 4. The first-order valence-corrected chi connectivity index (χ1v) is 14.2. The quantitative estimate of drug-likeness (QED) is 0.435. The van der Waals surface area contributed by atoms with Crippen LogP contribution in [-0.4, -0.2) is 40.4 Å². The molecule has 1 aliphatic heterocycles. The van der Waals surface area contributed by atoms with Gasteiger partial charge in [0.25, 0.3) is 0 Å². The van der Waals surface area contributed by atoms with Crippen LogP contribution in [0.2, 0.25) is 0 Å². The lowest BCUT2D eigenvalue weighted by molar-refractivity contribution is -0.157. The Morgan fingerprint density at radius 1 is 0.974 bits per heavy atom. The van der Waals surface area contributed by atoms with Crippen molar-refractivity contribution in [3.63, 3.8) is 0 Å². The minimum absolute atomic E-state index is 0.0195. The monoisotopic (exact) mass is 530 g/mol. The Morgan fingerprint density at radius 2 is 1.56 bits per heavy atom. The zero-order valence-electron chi connectivity index (χ0n) is 24.1. The van der Waals surface area contributed by atoms with Crippen molar-refractivity contribution < 1.29 is 19.2 Å². The summed E-state index contributed by atoms with van der Waals surface area (Å²) in [7, 11) is 0. The summed E-state index contributed by atoms with van der Waals surface area (Å²) in [6.45, 7) is 11.9. The number of hydrogen-bond donors (Lipinski definition) is 1. The molecule has 2 aromatic rings. The summed E-state index contributed by atoms with van der Waals surface area (Å²) in [5.41, 5.74) is 3.33. The standard InChI is InChI=1S/C33H42N2O4/c1-7-27(36)21-12-14-22(15-13-21)30(28(37)19-33(4,5)6)35-26(16-20(2)3)31(38)34-29(32(35)39)25-17-23-10-8-9-11-24(23)18-25/h8-15,20,25-26,29-30H,7,16-19H2,1-6H3,(H,34,38)/t26-,29-,30-/m1/s1. The number of nitrogens with zero attached hydrogens (tertiary/aromatic N) is 1. The van der Waals surface area contributed by atoms with E-state index in [9.17, 15) is 19.2 Å². The Kier molecular flexibility index (Phi) is 8.43. The van der Waals surface area contributed by atoms with E-state index in [1.807, 2.05) is 53.7 Å². The number of nitrogens with one attached hydrogen (secondary N) is 1. The molecule has 208 valence electrons. The number of ketones is 2. The minimum atomic E-state index is -0.899. The molecule has 3 atom stereocenters. The molecule has 0 saturated carbocycles. The molecule has 39 heavy (non-hydrogen) atoms. The molecule has 0 unspecified atom stereocenters. The Balaban J connectivity index is 1.77. The van der Waals surface area contributed by atoms with Gasteiger partial charge in [-0.05, 0) is 53.2 Å². The Bertz CT molecular complexity index is 1220. The molecule has 1 heterocycles. The van der Waals surface area contributed by atoms with Crippen LogP contribution in [-0.2, 0) is 27.2 Å². The second-order valence-corrected chi connectivity index (χ2v) is 12.8. The first-order chi connectivity index (χ1) is 18.4. The SMILES string of the molecule is CCC(=O)c1ccc([C@H](C(=O)CC(C)(C)C)N2C(=O)[C@@H](C3Cc4ccccc4C3)NC(=O)[C@H]2CC(C)C)cc1. The third-order valence-corrected chi connectivity index (χ3v) is 7.86. The van der Waals surface area contributed by atoms with Crippen LogP contribution in [0.4, 0.5) is 0 Å². The minimum Gasteiger partial charge on any atom is -0.342 e. The summed E-state index contributed by atoms with van der Waals surface area (Å²) < 4.78 is 0. The molecule has 0 aromatic heterocycles. The van der Waals surface area contributed by atoms with Gasteiger partial charge in [0, 0.05) is 18.4 Å². The van der Waals surface area contributed by atoms with Crippen LogP contribution in [0.15, 0.2) is 48.5 Å². The molecule has 1 aliphatic carbocycles. The highest BCUT2D eigenvalue weighted by Gasteiger charge is 2.49. The van der Waals surface area contributed by atoms with E-state index in [0.717, 1.165) is 0 Å². The highest BCUT2D eigenvalue weighted by Crippen LogP contribution is 2.37. The van der Waals surface area contributed by atoms with E-state index in [1.165, 1.54) is 11.1 Å². The molecular formula is C33H42N2O4. The normalized spacial score (nSPS) is 20.6. The number of piperazine rings is 1. The number of benzene rings is 2. The lowest BCUT2D eigenvalue weighted by atomic mass is 9.83.